The molecule has 1 N–H and O–H groups in total. The zero-order valence-electron chi connectivity index (χ0n) is 8.96. The lowest BCUT2D eigenvalue weighted by atomic mass is 10.1. The maximum atomic E-state index is 11.5. The van der Waals surface area contributed by atoms with E-state index in [0.29, 0.717) is 18.2 Å². The minimum Gasteiger partial charge on any atom is -0.311 e. The molecule has 4 heteroatoms. The van der Waals surface area contributed by atoms with Gasteiger partial charge in [-0.05, 0) is 18.1 Å². The van der Waals surface area contributed by atoms with Gasteiger partial charge in [0, 0.05) is 17.1 Å². The molecule has 0 aliphatic carbocycles. The first kappa shape index (κ1) is 12.2. The second kappa shape index (κ2) is 5.85. The Morgan fingerprint density at radius 1 is 1.67 bits per heavy atom. The van der Waals surface area contributed by atoms with Crippen molar-refractivity contribution in [3.63, 3.8) is 0 Å². The van der Waals surface area contributed by atoms with Crippen LogP contribution in [0.25, 0.3) is 0 Å². The van der Waals surface area contributed by atoms with E-state index in [9.17, 15) is 4.79 Å². The standard InChI is InChI=1S/C11H15BrN2O/c1-3-8(2)6-11(15)14-10-7-9(12)4-5-13-10/h4-5,7-8H,3,6H2,1-2H3,(H,13,14,15). The number of carbonyl (C=O) groups excluding carboxylic acids is 1. The molecule has 0 radical (unpaired) electrons. The fraction of sp³-hybridized carbons (Fsp3) is 0.455. The molecule has 0 saturated heterocycles. The highest BCUT2D eigenvalue weighted by atomic mass is 79.9. The van der Waals surface area contributed by atoms with Crippen LogP contribution in [0.1, 0.15) is 26.7 Å². The molecule has 0 bridgehead atoms. The fourth-order valence-corrected chi connectivity index (χ4v) is 1.46. The average Bonchev–Trinajstić information content (AvgIpc) is 2.17. The van der Waals surface area contributed by atoms with Crippen molar-refractivity contribution in [2.45, 2.75) is 26.7 Å². The lowest BCUT2D eigenvalue weighted by Crippen LogP contribution is -2.15. The summed E-state index contributed by atoms with van der Waals surface area (Å²) in [7, 11) is 0. The summed E-state index contributed by atoms with van der Waals surface area (Å²) in [6.07, 6.45) is 3.22. The Balaban J connectivity index is 2.51. The molecule has 15 heavy (non-hydrogen) atoms. The van der Waals surface area contributed by atoms with Crippen LogP contribution in [-0.4, -0.2) is 10.9 Å². The lowest BCUT2D eigenvalue weighted by molar-refractivity contribution is -0.117. The molecule has 82 valence electrons. The van der Waals surface area contributed by atoms with Gasteiger partial charge in [-0.3, -0.25) is 4.79 Å². The lowest BCUT2D eigenvalue weighted by Gasteiger charge is -2.08. The summed E-state index contributed by atoms with van der Waals surface area (Å²) in [5.41, 5.74) is 0. The molecule has 0 aliphatic rings. The smallest absolute Gasteiger partial charge is 0.225 e. The van der Waals surface area contributed by atoms with Gasteiger partial charge in [0.15, 0.2) is 0 Å². The Hall–Kier alpha value is -0.900. The van der Waals surface area contributed by atoms with Gasteiger partial charge in [0.2, 0.25) is 5.91 Å². The molecule has 1 amide bonds. The van der Waals surface area contributed by atoms with Gasteiger partial charge < -0.3 is 5.32 Å². The van der Waals surface area contributed by atoms with Crippen LogP contribution < -0.4 is 5.32 Å². The Bertz CT molecular complexity index is 341. The third kappa shape index (κ3) is 4.42. The van der Waals surface area contributed by atoms with Gasteiger partial charge in [-0.1, -0.05) is 36.2 Å². The fourth-order valence-electron chi connectivity index (χ4n) is 1.13. The third-order valence-corrected chi connectivity index (χ3v) is 2.71. The SMILES string of the molecule is CCC(C)CC(=O)Nc1cc(Br)ccn1. The summed E-state index contributed by atoms with van der Waals surface area (Å²) < 4.78 is 0.913. The van der Waals surface area contributed by atoms with Crippen LogP contribution in [0, 0.1) is 5.92 Å². The zero-order valence-corrected chi connectivity index (χ0v) is 10.5. The van der Waals surface area contributed by atoms with Crippen molar-refractivity contribution in [2.24, 2.45) is 5.92 Å². The van der Waals surface area contributed by atoms with Crippen LogP contribution in [0.4, 0.5) is 5.82 Å². The predicted octanol–water partition coefficient (Wildman–Crippen LogP) is 3.22. The van der Waals surface area contributed by atoms with Crippen LogP contribution in [-0.2, 0) is 4.79 Å². The molecule has 1 unspecified atom stereocenters. The molecule has 1 aromatic heterocycles. The van der Waals surface area contributed by atoms with Crippen LogP contribution in [0.2, 0.25) is 0 Å². The number of amides is 1. The highest BCUT2D eigenvalue weighted by molar-refractivity contribution is 9.10. The Morgan fingerprint density at radius 2 is 2.40 bits per heavy atom. The first-order chi connectivity index (χ1) is 7.11. The van der Waals surface area contributed by atoms with E-state index >= 15 is 0 Å². The van der Waals surface area contributed by atoms with E-state index in [1.165, 1.54) is 0 Å². The van der Waals surface area contributed by atoms with E-state index in [1.807, 2.05) is 6.07 Å². The molecule has 1 aromatic rings. The van der Waals surface area contributed by atoms with Crippen LogP contribution in [0.3, 0.4) is 0 Å². The van der Waals surface area contributed by atoms with Crippen molar-refractivity contribution in [1.29, 1.82) is 0 Å². The summed E-state index contributed by atoms with van der Waals surface area (Å²) in [6, 6.07) is 3.61. The quantitative estimate of drug-likeness (QED) is 0.913. The van der Waals surface area contributed by atoms with Crippen molar-refractivity contribution >= 4 is 27.7 Å². The molecule has 0 saturated carbocycles. The topological polar surface area (TPSA) is 42.0 Å². The summed E-state index contributed by atoms with van der Waals surface area (Å²) in [5.74, 6) is 1.03. The molecule has 0 spiro atoms. The minimum absolute atomic E-state index is 0.0231. The van der Waals surface area contributed by atoms with Crippen molar-refractivity contribution < 1.29 is 4.79 Å². The second-order valence-electron chi connectivity index (χ2n) is 3.63. The molecule has 1 atom stereocenters. The number of nitrogens with one attached hydrogen (secondary N) is 1. The van der Waals surface area contributed by atoms with E-state index in [-0.39, 0.29) is 5.91 Å². The number of hydrogen-bond donors (Lipinski definition) is 1. The maximum absolute atomic E-state index is 11.5. The van der Waals surface area contributed by atoms with Gasteiger partial charge in [0.05, 0.1) is 0 Å². The number of hydrogen-bond acceptors (Lipinski definition) is 2. The average molecular weight is 271 g/mol. The molecular formula is C11H15BrN2O. The van der Waals surface area contributed by atoms with Gasteiger partial charge in [-0.25, -0.2) is 4.98 Å². The van der Waals surface area contributed by atoms with E-state index in [2.05, 4.69) is 40.1 Å². The van der Waals surface area contributed by atoms with E-state index in [0.717, 1.165) is 10.9 Å². The molecule has 0 aromatic carbocycles. The highest BCUT2D eigenvalue weighted by Gasteiger charge is 2.07. The minimum atomic E-state index is 0.0231. The van der Waals surface area contributed by atoms with Gasteiger partial charge in [0.25, 0.3) is 0 Å². The number of rotatable bonds is 4. The number of pyridine rings is 1. The van der Waals surface area contributed by atoms with Crippen LogP contribution >= 0.6 is 15.9 Å². The highest BCUT2D eigenvalue weighted by Crippen LogP contribution is 2.14. The molecule has 3 nitrogen and oxygen atoms in total. The number of aromatic nitrogens is 1. The van der Waals surface area contributed by atoms with Gasteiger partial charge >= 0.3 is 0 Å². The van der Waals surface area contributed by atoms with E-state index in [4.69, 9.17) is 0 Å². The number of nitrogens with zero attached hydrogens (tertiary/aromatic N) is 1. The van der Waals surface area contributed by atoms with Crippen molar-refractivity contribution in [1.82, 2.24) is 4.98 Å². The normalized spacial score (nSPS) is 12.2. The molecular weight excluding hydrogens is 256 g/mol. The number of halogens is 1. The summed E-state index contributed by atoms with van der Waals surface area (Å²) >= 11 is 3.33. The molecule has 1 heterocycles. The number of carbonyl (C=O) groups is 1. The van der Waals surface area contributed by atoms with Crippen molar-refractivity contribution in [2.75, 3.05) is 5.32 Å². The Kier molecular flexibility index (Phi) is 4.75. The monoisotopic (exact) mass is 270 g/mol. The van der Waals surface area contributed by atoms with Gasteiger partial charge in [-0.15, -0.1) is 0 Å². The zero-order chi connectivity index (χ0) is 11.3. The third-order valence-electron chi connectivity index (χ3n) is 2.22. The summed E-state index contributed by atoms with van der Waals surface area (Å²) in [5, 5.41) is 2.77. The largest absolute Gasteiger partial charge is 0.311 e. The van der Waals surface area contributed by atoms with Crippen LogP contribution in [0.15, 0.2) is 22.8 Å². The maximum Gasteiger partial charge on any atom is 0.225 e. The molecule has 0 fully saturated rings. The molecule has 1 rings (SSSR count). The van der Waals surface area contributed by atoms with E-state index in [1.54, 1.807) is 12.3 Å². The first-order valence-electron chi connectivity index (χ1n) is 5.03. The molecule has 0 aliphatic heterocycles. The van der Waals surface area contributed by atoms with Gasteiger partial charge in [0.1, 0.15) is 5.82 Å². The van der Waals surface area contributed by atoms with E-state index < -0.39 is 0 Å². The van der Waals surface area contributed by atoms with Gasteiger partial charge in [-0.2, -0.15) is 0 Å². The summed E-state index contributed by atoms with van der Waals surface area (Å²) in [6.45, 7) is 4.14. The van der Waals surface area contributed by atoms with Crippen molar-refractivity contribution in [3.8, 4) is 0 Å². The summed E-state index contributed by atoms with van der Waals surface area (Å²) in [4.78, 5) is 15.6. The Labute approximate surface area is 98.4 Å². The predicted molar refractivity (Wildman–Crippen MR) is 64.6 cm³/mol. The first-order valence-corrected chi connectivity index (χ1v) is 5.82. The van der Waals surface area contributed by atoms with Crippen LogP contribution in [0.5, 0.6) is 0 Å². The Morgan fingerprint density at radius 3 is 3.00 bits per heavy atom. The second-order valence-corrected chi connectivity index (χ2v) is 4.54. The van der Waals surface area contributed by atoms with Crippen molar-refractivity contribution in [3.05, 3.63) is 22.8 Å². The number of anilines is 1.